The van der Waals surface area contributed by atoms with Gasteiger partial charge in [0.05, 0.1) is 0 Å². The molecule has 0 amide bonds. The first kappa shape index (κ1) is 0.662. The van der Waals surface area contributed by atoms with Crippen molar-refractivity contribution in [2.24, 2.45) is 5.41 Å². The van der Waals surface area contributed by atoms with Gasteiger partial charge in [-0.3, -0.25) is 0 Å². The van der Waals surface area contributed by atoms with Crippen LogP contribution < -0.4 is 0 Å². The second kappa shape index (κ2) is 1.41. The van der Waals surface area contributed by atoms with Crippen molar-refractivity contribution in [3.8, 4) is 0 Å². The van der Waals surface area contributed by atoms with Crippen molar-refractivity contribution in [3.63, 3.8) is 0 Å². The number of hydrogen-bond acceptors (Lipinski definition) is 1. The molecule has 0 unspecified atom stereocenters. The van der Waals surface area contributed by atoms with Gasteiger partial charge in [0.2, 0.25) is 0 Å². The predicted octanol–water partition coefficient (Wildman–Crippen LogP) is 1.23. The van der Waals surface area contributed by atoms with Gasteiger partial charge >= 0.3 is 0 Å². The van der Waals surface area contributed by atoms with Gasteiger partial charge in [-0.05, 0) is 0 Å². The summed E-state index contributed by atoms with van der Waals surface area (Å²) in [6.07, 6.45) is -0.500. The molecule has 36 valence electrons. The third-order valence-corrected chi connectivity index (χ3v) is 0.177. The fourth-order valence-electron chi connectivity index (χ4n) is 0. The van der Waals surface area contributed by atoms with Gasteiger partial charge in [0.15, 0.2) is 0 Å². The second-order valence-corrected chi connectivity index (χ2v) is 0.926. The SMILES string of the molecule is [2H]C([2H])([2H])C(C=O)(C([2H])([2H])[2H])C([2H])([2H])[2H]. The van der Waals surface area contributed by atoms with Crippen molar-refractivity contribution in [1.29, 1.82) is 0 Å². The molecule has 0 saturated carbocycles. The normalized spacial score (nSPS) is 39.7. The molecule has 0 aliphatic rings. The first-order chi connectivity index (χ1) is 6.31. The molecular formula is C5H10O. The Morgan fingerprint density at radius 1 is 1.67 bits per heavy atom. The van der Waals surface area contributed by atoms with Gasteiger partial charge in [0, 0.05) is 17.8 Å². The van der Waals surface area contributed by atoms with Crippen molar-refractivity contribution in [2.75, 3.05) is 0 Å². The molecule has 0 heterocycles. The summed E-state index contributed by atoms with van der Waals surface area (Å²) < 4.78 is 62.4. The quantitative estimate of drug-likeness (QED) is 0.413. The molecule has 0 aromatic rings. The van der Waals surface area contributed by atoms with Crippen LogP contribution in [-0.2, 0) is 4.79 Å². The van der Waals surface area contributed by atoms with Crippen molar-refractivity contribution < 1.29 is 17.1 Å². The fourth-order valence-corrected chi connectivity index (χ4v) is 0. The van der Waals surface area contributed by atoms with Gasteiger partial charge in [0.25, 0.3) is 0 Å². The summed E-state index contributed by atoms with van der Waals surface area (Å²) in [4.78, 5) is 10.7. The highest BCUT2D eigenvalue weighted by Crippen LogP contribution is 2.05. The molecule has 0 aromatic carbocycles. The standard InChI is InChI=1S/C5H10O/c1-5(2,3)4-6/h4H,1-3H3/i1D3,2D3,3D3. The lowest BCUT2D eigenvalue weighted by molar-refractivity contribution is -0.113. The Bertz CT molecular complexity index is 207. The van der Waals surface area contributed by atoms with Crippen molar-refractivity contribution in [2.45, 2.75) is 20.6 Å². The molecule has 0 N–H and O–H groups in total. The minimum absolute atomic E-state index is 0.500. The molecule has 0 rings (SSSR count). The molecule has 0 aliphatic heterocycles. The maximum Gasteiger partial charge on any atom is 0.125 e. The van der Waals surface area contributed by atoms with Crippen molar-refractivity contribution in [3.05, 3.63) is 0 Å². The first-order valence-electron chi connectivity index (χ1n) is 5.77. The summed E-state index contributed by atoms with van der Waals surface area (Å²) in [6, 6.07) is 0. The van der Waals surface area contributed by atoms with Gasteiger partial charge in [-0.2, -0.15) is 0 Å². The molecule has 6 heavy (non-hydrogen) atoms. The van der Waals surface area contributed by atoms with Gasteiger partial charge in [-0.25, -0.2) is 0 Å². The number of rotatable bonds is 0. The van der Waals surface area contributed by atoms with Crippen LogP contribution in [0, 0.1) is 5.41 Å². The van der Waals surface area contributed by atoms with E-state index in [-0.39, 0.29) is 0 Å². The van der Waals surface area contributed by atoms with E-state index in [0.29, 0.717) is 0 Å². The van der Waals surface area contributed by atoms with Crippen LogP contribution in [0.5, 0.6) is 0 Å². The molecule has 1 nitrogen and oxygen atoms in total. The van der Waals surface area contributed by atoms with Crippen LogP contribution in [0.25, 0.3) is 0 Å². The highest BCUT2D eigenvalue weighted by atomic mass is 16.1. The molecule has 0 atom stereocenters. The summed E-state index contributed by atoms with van der Waals surface area (Å²) in [7, 11) is 0. The van der Waals surface area contributed by atoms with Crippen LogP contribution in [0.2, 0.25) is 0 Å². The summed E-state index contributed by atoms with van der Waals surface area (Å²) in [6.45, 7) is -10.2. The fraction of sp³-hybridized carbons (Fsp3) is 0.800. The average molecular weight is 95.2 g/mol. The minimum atomic E-state index is -3.41. The van der Waals surface area contributed by atoms with E-state index in [1.807, 2.05) is 0 Å². The lowest BCUT2D eigenvalue weighted by atomic mass is 10.0. The Morgan fingerprint density at radius 2 is 2.17 bits per heavy atom. The average Bonchev–Trinajstić information content (AvgIpc) is 1.76. The largest absolute Gasteiger partial charge is 0.303 e. The van der Waals surface area contributed by atoms with Crippen LogP contribution in [0.1, 0.15) is 32.9 Å². The lowest BCUT2D eigenvalue weighted by Crippen LogP contribution is -2.04. The summed E-state index contributed by atoms with van der Waals surface area (Å²) in [5.41, 5.74) is -3.33. The zero-order chi connectivity index (χ0) is 12.7. The van der Waals surface area contributed by atoms with E-state index in [1.54, 1.807) is 0 Å². The van der Waals surface area contributed by atoms with E-state index >= 15 is 0 Å². The number of hydrogen-bond donors (Lipinski definition) is 0. The maximum atomic E-state index is 10.7. The Morgan fingerprint density at radius 3 is 2.17 bits per heavy atom. The molecule has 1 heteroatoms. The smallest absolute Gasteiger partial charge is 0.125 e. The van der Waals surface area contributed by atoms with Gasteiger partial charge in [-0.15, -0.1) is 0 Å². The maximum absolute atomic E-state index is 10.7. The number of carbonyl (C=O) groups is 1. The van der Waals surface area contributed by atoms with Gasteiger partial charge in [-0.1, -0.05) is 20.6 Å². The van der Waals surface area contributed by atoms with E-state index in [0.717, 1.165) is 0 Å². The Balaban J connectivity index is 5.89. The van der Waals surface area contributed by atoms with E-state index in [9.17, 15) is 4.79 Å². The molecule has 0 bridgehead atoms. The van der Waals surface area contributed by atoms with Crippen LogP contribution in [0.3, 0.4) is 0 Å². The van der Waals surface area contributed by atoms with Gasteiger partial charge < -0.3 is 4.79 Å². The molecule has 0 aromatic heterocycles. The van der Waals surface area contributed by atoms with Gasteiger partial charge in [0.1, 0.15) is 6.29 Å². The third kappa shape index (κ3) is 3.67. The van der Waals surface area contributed by atoms with Crippen LogP contribution >= 0.6 is 0 Å². The molecule has 0 fully saturated rings. The second-order valence-electron chi connectivity index (χ2n) is 0.926. The van der Waals surface area contributed by atoms with E-state index in [2.05, 4.69) is 0 Å². The molecule has 0 spiro atoms. The van der Waals surface area contributed by atoms with Crippen LogP contribution in [0.15, 0.2) is 0 Å². The van der Waals surface area contributed by atoms with E-state index in [4.69, 9.17) is 12.3 Å². The zero-order valence-electron chi connectivity index (χ0n) is 12.0. The van der Waals surface area contributed by atoms with Crippen LogP contribution in [-0.4, -0.2) is 6.29 Å². The minimum Gasteiger partial charge on any atom is -0.303 e. The monoisotopic (exact) mass is 95.1 g/mol. The topological polar surface area (TPSA) is 17.1 Å². The summed E-state index contributed by atoms with van der Waals surface area (Å²) in [5, 5.41) is 0. The van der Waals surface area contributed by atoms with E-state index < -0.39 is 32.3 Å². The third-order valence-electron chi connectivity index (χ3n) is 0.177. The Hall–Kier alpha value is -0.330. The highest BCUT2D eigenvalue weighted by molar-refractivity contribution is 5.56. The summed E-state index contributed by atoms with van der Waals surface area (Å²) >= 11 is 0. The number of carbonyl (C=O) groups excluding carboxylic acids is 1. The Kier molecular flexibility index (Phi) is 0.156. The lowest BCUT2D eigenvalue weighted by Gasteiger charge is -2.03. The zero-order valence-corrected chi connectivity index (χ0v) is 2.99. The molecule has 0 radical (unpaired) electrons. The van der Waals surface area contributed by atoms with E-state index in [1.165, 1.54) is 0 Å². The molecule has 0 saturated heterocycles. The molecular weight excluding hydrogens is 76.1 g/mol. The predicted molar refractivity (Wildman–Crippen MR) is 25.5 cm³/mol. The highest BCUT2D eigenvalue weighted by Gasteiger charge is 2.04. The summed E-state index contributed by atoms with van der Waals surface area (Å²) in [5.74, 6) is 0. The Labute approximate surface area is 51.0 Å². The first-order valence-corrected chi connectivity index (χ1v) is 1.27. The number of aldehydes is 1. The van der Waals surface area contributed by atoms with Crippen molar-refractivity contribution in [1.82, 2.24) is 0 Å². The molecule has 0 aliphatic carbocycles. The van der Waals surface area contributed by atoms with Crippen molar-refractivity contribution >= 4 is 6.29 Å². The van der Waals surface area contributed by atoms with Crippen LogP contribution in [0.4, 0.5) is 0 Å².